The molecule has 2 N–H and O–H groups in total. The number of anilines is 1. The number of nitrogens with two attached hydrogens (primary N) is 1. The van der Waals surface area contributed by atoms with Gasteiger partial charge in [0.1, 0.15) is 6.07 Å². The van der Waals surface area contributed by atoms with Crippen LogP contribution in [-0.2, 0) is 0 Å². The summed E-state index contributed by atoms with van der Waals surface area (Å²) in [6.45, 7) is 1.84. The number of nitrogen functional groups attached to an aromatic ring is 1. The van der Waals surface area contributed by atoms with Gasteiger partial charge in [-0.25, -0.2) is 9.66 Å². The highest BCUT2D eigenvalue weighted by Gasteiger charge is 2.04. The van der Waals surface area contributed by atoms with E-state index < -0.39 is 0 Å². The van der Waals surface area contributed by atoms with E-state index >= 15 is 0 Å². The number of hydrogen-bond acceptors (Lipinski definition) is 4. The number of hydrogen-bond donors (Lipinski definition) is 1. The monoisotopic (exact) mass is 303 g/mol. The Bertz CT molecular complexity index is 651. The summed E-state index contributed by atoms with van der Waals surface area (Å²) in [6.07, 6.45) is 3.30. The molecule has 0 bridgehead atoms. The van der Waals surface area contributed by atoms with Crippen molar-refractivity contribution in [2.24, 2.45) is 5.10 Å². The molecule has 2 aromatic rings. The summed E-state index contributed by atoms with van der Waals surface area (Å²) in [5, 5.41) is 13.2. The maximum Gasteiger partial charge on any atom is 0.221 e. The molecule has 0 fully saturated rings. The fourth-order valence-electron chi connectivity index (χ4n) is 1.49. The van der Waals surface area contributed by atoms with Gasteiger partial charge in [-0.3, -0.25) is 0 Å². The van der Waals surface area contributed by atoms with Crippen molar-refractivity contribution in [3.8, 4) is 6.07 Å². The summed E-state index contributed by atoms with van der Waals surface area (Å²) in [5.74, 6) is 0.317. The lowest BCUT2D eigenvalue weighted by Crippen LogP contribution is -1.98. The molecule has 0 saturated carbocycles. The Morgan fingerprint density at radius 1 is 1.56 bits per heavy atom. The van der Waals surface area contributed by atoms with Crippen molar-refractivity contribution in [1.29, 1.82) is 5.26 Å². The predicted molar refractivity (Wildman–Crippen MR) is 73.2 cm³/mol. The van der Waals surface area contributed by atoms with Crippen molar-refractivity contribution in [2.45, 2.75) is 6.92 Å². The molecule has 1 heterocycles. The maximum absolute atomic E-state index is 9.07. The molecule has 18 heavy (non-hydrogen) atoms. The van der Waals surface area contributed by atoms with E-state index in [2.05, 4.69) is 32.1 Å². The van der Waals surface area contributed by atoms with Crippen molar-refractivity contribution in [3.05, 3.63) is 45.7 Å². The van der Waals surface area contributed by atoms with Crippen molar-refractivity contribution in [3.63, 3.8) is 0 Å². The number of rotatable bonds is 2. The van der Waals surface area contributed by atoms with Crippen molar-refractivity contribution in [2.75, 3.05) is 5.73 Å². The highest BCUT2D eigenvalue weighted by Crippen LogP contribution is 2.18. The Balaban J connectivity index is 2.38. The van der Waals surface area contributed by atoms with Crippen LogP contribution in [-0.4, -0.2) is 15.9 Å². The second-order valence-corrected chi connectivity index (χ2v) is 4.50. The second-order valence-electron chi connectivity index (χ2n) is 3.65. The number of aryl methyl sites for hydroxylation is 1. The van der Waals surface area contributed by atoms with Crippen LogP contribution in [0.2, 0.25) is 0 Å². The maximum atomic E-state index is 9.07. The lowest BCUT2D eigenvalue weighted by molar-refractivity contribution is 0.897. The van der Waals surface area contributed by atoms with Gasteiger partial charge in [-0.05, 0) is 28.9 Å². The van der Waals surface area contributed by atoms with Gasteiger partial charge in [0.2, 0.25) is 5.95 Å². The highest BCUT2D eigenvalue weighted by atomic mass is 79.9. The summed E-state index contributed by atoms with van der Waals surface area (Å²) < 4.78 is 2.21. The van der Waals surface area contributed by atoms with Crippen LogP contribution in [0.4, 0.5) is 5.95 Å². The van der Waals surface area contributed by atoms with E-state index in [-0.39, 0.29) is 0 Å². The minimum atomic E-state index is 0.317. The van der Waals surface area contributed by atoms with E-state index in [0.717, 1.165) is 15.7 Å². The third kappa shape index (κ3) is 2.41. The van der Waals surface area contributed by atoms with E-state index in [0.29, 0.717) is 11.5 Å². The molecule has 0 unspecified atom stereocenters. The van der Waals surface area contributed by atoms with Crippen molar-refractivity contribution in [1.82, 2.24) is 9.66 Å². The number of benzene rings is 1. The summed E-state index contributed by atoms with van der Waals surface area (Å²) in [7, 11) is 0. The normalized spacial score (nSPS) is 10.7. The zero-order valence-corrected chi connectivity index (χ0v) is 11.2. The molecule has 0 amide bonds. The van der Waals surface area contributed by atoms with Gasteiger partial charge < -0.3 is 5.73 Å². The molecular weight excluding hydrogens is 294 g/mol. The zero-order valence-electron chi connectivity index (χ0n) is 9.63. The Morgan fingerprint density at radius 3 is 2.94 bits per heavy atom. The molecule has 1 aromatic heterocycles. The molecule has 0 aliphatic heterocycles. The molecule has 5 nitrogen and oxygen atoms in total. The minimum Gasteiger partial charge on any atom is -0.368 e. The average Bonchev–Trinajstić information content (AvgIpc) is 2.65. The van der Waals surface area contributed by atoms with Gasteiger partial charge in [-0.15, -0.1) is 0 Å². The van der Waals surface area contributed by atoms with Gasteiger partial charge in [-0.1, -0.05) is 12.1 Å². The zero-order chi connectivity index (χ0) is 13.1. The summed E-state index contributed by atoms with van der Waals surface area (Å²) in [4.78, 5) is 4.04. The number of nitrogens with zero attached hydrogens (tertiary/aromatic N) is 4. The van der Waals surface area contributed by atoms with Gasteiger partial charge >= 0.3 is 0 Å². The molecule has 0 aliphatic carbocycles. The van der Waals surface area contributed by atoms with Crippen LogP contribution in [0.15, 0.2) is 34.0 Å². The van der Waals surface area contributed by atoms with E-state index in [1.165, 1.54) is 4.68 Å². The molecule has 0 saturated heterocycles. The topological polar surface area (TPSA) is 80.0 Å². The standard InChI is InChI=1S/C12H10BrN5/c1-8-7-18(12(15)17-8)16-6-9-3-2-4-11(13)10(9)5-14/h2-4,6-7H,1H3,(H2,15,17). The van der Waals surface area contributed by atoms with Gasteiger partial charge in [0, 0.05) is 10.0 Å². The van der Waals surface area contributed by atoms with Gasteiger partial charge in [0.15, 0.2) is 0 Å². The first-order valence-electron chi connectivity index (χ1n) is 5.16. The van der Waals surface area contributed by atoms with Crippen LogP contribution < -0.4 is 5.73 Å². The van der Waals surface area contributed by atoms with E-state index in [9.17, 15) is 0 Å². The minimum absolute atomic E-state index is 0.317. The first-order valence-corrected chi connectivity index (χ1v) is 5.95. The Labute approximate surface area is 113 Å². The Kier molecular flexibility index (Phi) is 3.44. The lowest BCUT2D eigenvalue weighted by atomic mass is 10.1. The van der Waals surface area contributed by atoms with Crippen LogP contribution in [0.5, 0.6) is 0 Å². The average molecular weight is 304 g/mol. The molecule has 1 aromatic carbocycles. The second kappa shape index (κ2) is 5.02. The molecule has 0 atom stereocenters. The molecule has 6 heteroatoms. The largest absolute Gasteiger partial charge is 0.368 e. The molecule has 0 aliphatic rings. The summed E-state index contributed by atoms with van der Waals surface area (Å²) >= 11 is 3.32. The molecule has 90 valence electrons. The molecule has 0 spiro atoms. The number of aromatic nitrogens is 2. The quantitative estimate of drug-likeness (QED) is 0.864. The Hall–Kier alpha value is -2.13. The molecule has 2 rings (SSSR count). The smallest absolute Gasteiger partial charge is 0.221 e. The Morgan fingerprint density at radius 2 is 2.33 bits per heavy atom. The van der Waals surface area contributed by atoms with Gasteiger partial charge in [0.25, 0.3) is 0 Å². The van der Waals surface area contributed by atoms with Crippen molar-refractivity contribution >= 4 is 28.1 Å². The van der Waals surface area contributed by atoms with Crippen LogP contribution in [0, 0.1) is 18.3 Å². The van der Waals surface area contributed by atoms with Crippen LogP contribution in [0.3, 0.4) is 0 Å². The third-order valence-electron chi connectivity index (χ3n) is 2.31. The number of halogens is 1. The number of imidazole rings is 1. The van der Waals surface area contributed by atoms with Crippen LogP contribution in [0.1, 0.15) is 16.8 Å². The van der Waals surface area contributed by atoms with Crippen LogP contribution in [0.25, 0.3) is 0 Å². The predicted octanol–water partition coefficient (Wildman–Crippen LogP) is 2.29. The van der Waals surface area contributed by atoms with Gasteiger partial charge in [0.05, 0.1) is 23.7 Å². The fraction of sp³-hybridized carbons (Fsp3) is 0.0833. The third-order valence-corrected chi connectivity index (χ3v) is 2.97. The molecule has 0 radical (unpaired) electrons. The molecular formula is C12H10BrN5. The fourth-order valence-corrected chi connectivity index (χ4v) is 1.96. The lowest BCUT2D eigenvalue weighted by Gasteiger charge is -2.00. The first-order chi connectivity index (χ1) is 8.61. The first kappa shape index (κ1) is 12.3. The number of nitriles is 1. The highest BCUT2D eigenvalue weighted by molar-refractivity contribution is 9.10. The van der Waals surface area contributed by atoms with Crippen molar-refractivity contribution < 1.29 is 0 Å². The van der Waals surface area contributed by atoms with Crippen LogP contribution >= 0.6 is 15.9 Å². The summed E-state index contributed by atoms with van der Waals surface area (Å²) in [5.41, 5.74) is 7.72. The van der Waals surface area contributed by atoms with Gasteiger partial charge in [-0.2, -0.15) is 10.4 Å². The van der Waals surface area contributed by atoms with E-state index in [1.54, 1.807) is 12.4 Å². The SMILES string of the molecule is Cc1cn(N=Cc2cccc(Br)c2C#N)c(N)n1. The summed E-state index contributed by atoms with van der Waals surface area (Å²) in [6, 6.07) is 7.59. The van der Waals surface area contributed by atoms with E-state index in [1.807, 2.05) is 25.1 Å². The van der Waals surface area contributed by atoms with E-state index in [4.69, 9.17) is 11.0 Å².